The van der Waals surface area contributed by atoms with E-state index >= 15 is 0 Å². The predicted octanol–water partition coefficient (Wildman–Crippen LogP) is -4.05. The maximum absolute atomic E-state index is 10.4. The molecule has 0 aliphatic heterocycles. The van der Waals surface area contributed by atoms with Crippen molar-refractivity contribution >= 4 is 17.7 Å². The van der Waals surface area contributed by atoms with Gasteiger partial charge in [-0.05, 0) is 12.8 Å². The fourth-order valence-electron chi connectivity index (χ4n) is 0.664. The van der Waals surface area contributed by atoms with Crippen LogP contribution in [0.2, 0.25) is 0 Å². The van der Waals surface area contributed by atoms with Gasteiger partial charge in [-0.1, -0.05) is 0 Å². The van der Waals surface area contributed by atoms with Gasteiger partial charge < -0.3 is 15.0 Å². The van der Waals surface area contributed by atoms with Gasteiger partial charge in [0.05, 0.1) is 0 Å². The number of hydrogen-bond donors (Lipinski definition) is 1. The van der Waals surface area contributed by atoms with Crippen LogP contribution >= 0.6 is 0 Å². The molecule has 0 aliphatic rings. The van der Waals surface area contributed by atoms with Gasteiger partial charge in [0.25, 0.3) is 0 Å². The van der Waals surface area contributed by atoms with Crippen molar-refractivity contribution in [3.8, 4) is 0 Å². The summed E-state index contributed by atoms with van der Waals surface area (Å²) < 4.78 is 0. The Morgan fingerprint density at radius 1 is 1.08 bits per heavy atom. The molecule has 0 saturated carbocycles. The number of carboxylic acid groups (broad SMARTS) is 2. The van der Waals surface area contributed by atoms with Crippen LogP contribution in [0.3, 0.4) is 0 Å². The van der Waals surface area contributed by atoms with Gasteiger partial charge in [0.15, 0.2) is 5.78 Å². The summed E-state index contributed by atoms with van der Waals surface area (Å²) >= 11 is 0. The summed E-state index contributed by atoms with van der Waals surface area (Å²) in [5.41, 5.74) is 0. The van der Waals surface area contributed by atoms with E-state index in [1.165, 1.54) is 0 Å². The van der Waals surface area contributed by atoms with E-state index in [1.54, 1.807) is 0 Å². The van der Waals surface area contributed by atoms with Crippen molar-refractivity contribution in [2.24, 2.45) is 0 Å². The van der Waals surface area contributed by atoms with E-state index in [1.807, 2.05) is 0 Å². The van der Waals surface area contributed by atoms with E-state index in [2.05, 4.69) is 0 Å². The van der Waals surface area contributed by atoms with Crippen LogP contribution in [0.5, 0.6) is 0 Å². The molecule has 0 radical (unpaired) electrons. The van der Waals surface area contributed by atoms with E-state index in [0.717, 1.165) is 0 Å². The summed E-state index contributed by atoms with van der Waals surface area (Å²) in [5, 5.41) is 18.0. The van der Waals surface area contributed by atoms with Gasteiger partial charge in [-0.15, -0.1) is 0 Å². The first-order valence-corrected chi connectivity index (χ1v) is 3.50. The van der Waals surface area contributed by atoms with Gasteiger partial charge in [-0.3, -0.25) is 9.59 Å². The Hall–Kier alpha value is -0.390. The Kier molecular flexibility index (Phi) is 9.55. The number of carbonyl (C=O) groups excluding carboxylic acids is 2. The van der Waals surface area contributed by atoms with E-state index in [4.69, 9.17) is 5.11 Å². The fraction of sp³-hybridized carbons (Fsp3) is 0.571. The first-order valence-electron chi connectivity index (χ1n) is 3.50. The number of aliphatic carboxylic acids is 2. The van der Waals surface area contributed by atoms with E-state index in [0.29, 0.717) is 6.42 Å². The quantitative estimate of drug-likeness (QED) is 0.265. The number of Topliss-reactive ketones (excluding diaryl/α,β-unsaturated/α-hetero) is 1. The molecule has 0 amide bonds. The summed E-state index contributed by atoms with van der Waals surface area (Å²) in [6.07, 6.45) is 0.406. The van der Waals surface area contributed by atoms with Crippen molar-refractivity contribution in [2.75, 3.05) is 0 Å². The van der Waals surface area contributed by atoms with Crippen LogP contribution in [0.25, 0.3) is 0 Å². The third-order valence-electron chi connectivity index (χ3n) is 1.27. The first kappa shape index (κ1) is 15.1. The van der Waals surface area contributed by atoms with Crippen LogP contribution in [0.4, 0.5) is 0 Å². The minimum Gasteiger partial charge on any atom is -0.542 e. The SMILES string of the molecule is O=C(O)CCCCC(=O)C(=O)[O-].[Na+]. The maximum Gasteiger partial charge on any atom is 1.00 e. The van der Waals surface area contributed by atoms with Crippen molar-refractivity contribution in [1.29, 1.82) is 0 Å². The number of carbonyl (C=O) groups is 3. The van der Waals surface area contributed by atoms with Crippen LogP contribution in [0.1, 0.15) is 25.7 Å². The third kappa shape index (κ3) is 9.52. The zero-order valence-corrected chi connectivity index (χ0v) is 9.41. The summed E-state index contributed by atoms with van der Waals surface area (Å²) in [5.74, 6) is -3.62. The molecule has 0 saturated heterocycles. The Balaban J connectivity index is 0. The molecule has 5 nitrogen and oxygen atoms in total. The largest absolute Gasteiger partial charge is 1.00 e. The van der Waals surface area contributed by atoms with E-state index in [-0.39, 0.29) is 48.8 Å². The second-order valence-electron chi connectivity index (χ2n) is 2.31. The standard InChI is InChI=1S/C7H10O5.Na/c8-5(7(11)12)3-1-2-4-6(9)10;/h1-4H2,(H,9,10)(H,11,12);/q;+1/p-1. The van der Waals surface area contributed by atoms with Gasteiger partial charge in [0.2, 0.25) is 0 Å². The zero-order chi connectivity index (χ0) is 9.56. The summed E-state index contributed by atoms with van der Waals surface area (Å²) in [7, 11) is 0. The number of ketones is 1. The first-order chi connectivity index (χ1) is 5.54. The molecule has 68 valence electrons. The second kappa shape index (κ2) is 8.22. The molecule has 0 aromatic heterocycles. The van der Waals surface area contributed by atoms with Gasteiger partial charge >= 0.3 is 35.5 Å². The molecular formula is C7H9NaO5. The number of carboxylic acids is 2. The summed E-state index contributed by atoms with van der Waals surface area (Å²) in [6, 6.07) is 0. The summed E-state index contributed by atoms with van der Waals surface area (Å²) in [6.45, 7) is 0. The van der Waals surface area contributed by atoms with Gasteiger partial charge in [-0.25, -0.2) is 0 Å². The minimum absolute atomic E-state index is 0. The zero-order valence-electron chi connectivity index (χ0n) is 7.41. The fourth-order valence-corrected chi connectivity index (χ4v) is 0.664. The van der Waals surface area contributed by atoms with Crippen LogP contribution in [-0.2, 0) is 14.4 Å². The van der Waals surface area contributed by atoms with Crippen molar-refractivity contribution < 1.29 is 54.2 Å². The van der Waals surface area contributed by atoms with Crippen molar-refractivity contribution in [2.45, 2.75) is 25.7 Å². The van der Waals surface area contributed by atoms with Gasteiger partial charge in [-0.2, -0.15) is 0 Å². The molecule has 0 bridgehead atoms. The molecule has 0 unspecified atom stereocenters. The Morgan fingerprint density at radius 2 is 1.54 bits per heavy atom. The minimum atomic E-state index is -1.70. The van der Waals surface area contributed by atoms with Crippen molar-refractivity contribution in [3.63, 3.8) is 0 Å². The molecule has 0 aromatic carbocycles. The van der Waals surface area contributed by atoms with Crippen molar-refractivity contribution in [3.05, 3.63) is 0 Å². The van der Waals surface area contributed by atoms with Crippen LogP contribution in [0, 0.1) is 0 Å². The predicted molar refractivity (Wildman–Crippen MR) is 36.1 cm³/mol. The molecule has 0 rings (SSSR count). The molecule has 0 fully saturated rings. The third-order valence-corrected chi connectivity index (χ3v) is 1.27. The number of unbranched alkanes of at least 4 members (excludes halogenated alkanes) is 1. The van der Waals surface area contributed by atoms with Gasteiger partial charge in [0, 0.05) is 12.8 Å². The molecule has 0 aromatic rings. The van der Waals surface area contributed by atoms with E-state index in [9.17, 15) is 19.5 Å². The topological polar surface area (TPSA) is 94.5 Å². The van der Waals surface area contributed by atoms with Crippen LogP contribution in [-0.4, -0.2) is 22.8 Å². The molecule has 0 aliphatic carbocycles. The van der Waals surface area contributed by atoms with Gasteiger partial charge in [0.1, 0.15) is 5.97 Å². The van der Waals surface area contributed by atoms with Crippen LogP contribution < -0.4 is 34.7 Å². The molecule has 13 heavy (non-hydrogen) atoms. The number of hydrogen-bond acceptors (Lipinski definition) is 4. The molecule has 0 heterocycles. The Bertz CT molecular complexity index is 201. The molecule has 6 heteroatoms. The molecular weight excluding hydrogens is 187 g/mol. The normalized spacial score (nSPS) is 8.62. The molecule has 0 atom stereocenters. The monoisotopic (exact) mass is 196 g/mol. The van der Waals surface area contributed by atoms with Crippen LogP contribution in [0.15, 0.2) is 0 Å². The average Bonchev–Trinajstić information content (AvgIpc) is 1.97. The maximum atomic E-state index is 10.4. The van der Waals surface area contributed by atoms with E-state index < -0.39 is 17.7 Å². The van der Waals surface area contributed by atoms with Crippen molar-refractivity contribution in [1.82, 2.24) is 0 Å². The Labute approximate surface area is 97.4 Å². The number of rotatable bonds is 6. The Morgan fingerprint density at radius 3 is 1.92 bits per heavy atom. The average molecular weight is 196 g/mol. The molecule has 0 spiro atoms. The second-order valence-corrected chi connectivity index (χ2v) is 2.31. The summed E-state index contributed by atoms with van der Waals surface area (Å²) in [4.78, 5) is 30.2. The smallest absolute Gasteiger partial charge is 0.542 e. The molecule has 1 N–H and O–H groups in total.